The number of phenolic OH excluding ortho intramolecular Hbond substituents is 1. The number of rotatable bonds is 9. The van der Waals surface area contributed by atoms with Gasteiger partial charge in [0.25, 0.3) is 5.91 Å². The van der Waals surface area contributed by atoms with Gasteiger partial charge in [0.2, 0.25) is 0 Å². The van der Waals surface area contributed by atoms with Crippen molar-refractivity contribution < 1.29 is 33.9 Å². The molecule has 0 bridgehead atoms. The molecular formula is C24H28N2O7S. The summed E-state index contributed by atoms with van der Waals surface area (Å²) in [6.45, 7) is 5.40. The number of carbonyl (C=O) groups excluding carboxylic acids is 2. The Bertz CT molecular complexity index is 1100. The van der Waals surface area contributed by atoms with Gasteiger partial charge in [-0.05, 0) is 41.5 Å². The van der Waals surface area contributed by atoms with E-state index in [0.717, 1.165) is 5.06 Å². The molecule has 2 aromatic carbocycles. The Labute approximate surface area is 201 Å². The van der Waals surface area contributed by atoms with Gasteiger partial charge in [0, 0.05) is 31.1 Å². The van der Waals surface area contributed by atoms with Crippen LogP contribution in [0.2, 0.25) is 0 Å². The Hall–Kier alpha value is -3.05. The number of carbonyl (C=O) groups is 2. The lowest BCUT2D eigenvalue weighted by molar-refractivity contribution is -0.146. The lowest BCUT2D eigenvalue weighted by atomic mass is 10.0. The number of hydrogen-bond acceptors (Lipinski definition) is 8. The van der Waals surface area contributed by atoms with Crippen LogP contribution >= 0.6 is 0 Å². The molecule has 1 heterocycles. The Morgan fingerprint density at radius 2 is 2.03 bits per heavy atom. The van der Waals surface area contributed by atoms with Crippen molar-refractivity contribution in [1.29, 1.82) is 0 Å². The first kappa shape index (κ1) is 25.6. The van der Waals surface area contributed by atoms with Crippen LogP contribution in [-0.4, -0.2) is 58.2 Å². The van der Waals surface area contributed by atoms with Crippen molar-refractivity contribution in [3.05, 3.63) is 47.5 Å². The number of ether oxygens (including phenoxy) is 1. The first-order valence-electron chi connectivity index (χ1n) is 10.7. The molecule has 182 valence electrons. The minimum Gasteiger partial charge on any atom is -0.612 e. The van der Waals surface area contributed by atoms with Gasteiger partial charge in [-0.3, -0.25) is 4.79 Å². The number of nitrogens with one attached hydrogen (secondary N) is 1. The zero-order valence-corrected chi connectivity index (χ0v) is 20.2. The fourth-order valence-corrected chi connectivity index (χ4v) is 3.89. The van der Waals surface area contributed by atoms with Crippen LogP contribution in [0.15, 0.2) is 41.3 Å². The highest BCUT2D eigenvalue weighted by molar-refractivity contribution is 7.90. The summed E-state index contributed by atoms with van der Waals surface area (Å²) < 4.78 is 17.5. The van der Waals surface area contributed by atoms with E-state index < -0.39 is 29.2 Å². The summed E-state index contributed by atoms with van der Waals surface area (Å²) in [5.74, 6) is -1.15. The van der Waals surface area contributed by atoms with E-state index in [4.69, 9.17) is 9.57 Å². The standard InChI is InChI=1S/C24H28N2O7S/c1-14(2)25-12-17(28)13-32-22-7-5-6-20-23(22)19(24(30)26(20)33-15(3)27)10-16-8-9-18(34(4)31)11-21(16)29/h5-11,14,17,25,28-29H,12-13H2,1-4H3. The molecule has 2 unspecified atom stereocenters. The molecule has 2 atom stereocenters. The number of phenols is 1. The minimum absolute atomic E-state index is 0.0343. The largest absolute Gasteiger partial charge is 0.612 e. The maximum Gasteiger partial charge on any atom is 0.330 e. The third-order valence-corrected chi connectivity index (χ3v) is 5.87. The zero-order chi connectivity index (χ0) is 25.0. The maximum atomic E-state index is 13.2. The average molecular weight is 489 g/mol. The van der Waals surface area contributed by atoms with Crippen LogP contribution in [0.5, 0.6) is 11.5 Å². The molecule has 1 amide bonds. The summed E-state index contributed by atoms with van der Waals surface area (Å²) in [4.78, 5) is 30.4. The van der Waals surface area contributed by atoms with Gasteiger partial charge in [0.15, 0.2) is 4.90 Å². The van der Waals surface area contributed by atoms with Crippen molar-refractivity contribution in [3.8, 4) is 11.5 Å². The van der Waals surface area contributed by atoms with Crippen LogP contribution in [0.4, 0.5) is 5.69 Å². The van der Waals surface area contributed by atoms with Gasteiger partial charge >= 0.3 is 5.97 Å². The fraction of sp³-hybridized carbons (Fsp3) is 0.333. The fourth-order valence-electron chi connectivity index (χ4n) is 3.36. The SMILES string of the molecule is CC(=O)ON1C(=O)C(=Cc2ccc([S+](C)[O-])cc2O)c2c(OCC(O)CNC(C)C)cccc21. The summed E-state index contributed by atoms with van der Waals surface area (Å²) in [5.41, 5.74) is 1.09. The predicted octanol–water partition coefficient (Wildman–Crippen LogP) is 2.23. The highest BCUT2D eigenvalue weighted by Crippen LogP contribution is 2.44. The van der Waals surface area contributed by atoms with Crippen molar-refractivity contribution in [2.24, 2.45) is 0 Å². The van der Waals surface area contributed by atoms with Crippen molar-refractivity contribution in [2.45, 2.75) is 37.8 Å². The molecule has 1 aliphatic heterocycles. The Kier molecular flexibility index (Phi) is 8.21. The number of aliphatic hydroxyl groups excluding tert-OH is 1. The van der Waals surface area contributed by atoms with E-state index in [1.165, 1.54) is 25.3 Å². The Morgan fingerprint density at radius 3 is 2.65 bits per heavy atom. The zero-order valence-electron chi connectivity index (χ0n) is 19.4. The summed E-state index contributed by atoms with van der Waals surface area (Å²) in [5, 5.41) is 24.7. The van der Waals surface area contributed by atoms with Crippen molar-refractivity contribution in [3.63, 3.8) is 0 Å². The van der Waals surface area contributed by atoms with Gasteiger partial charge in [0.1, 0.15) is 30.5 Å². The number of fused-ring (bicyclic) bond motifs is 1. The van der Waals surface area contributed by atoms with Crippen LogP contribution in [0.25, 0.3) is 11.6 Å². The molecule has 3 rings (SSSR count). The number of aliphatic hydroxyl groups is 1. The Morgan fingerprint density at radius 1 is 1.29 bits per heavy atom. The number of aromatic hydroxyl groups is 1. The van der Waals surface area contributed by atoms with Crippen LogP contribution in [0, 0.1) is 0 Å². The van der Waals surface area contributed by atoms with Gasteiger partial charge in [-0.1, -0.05) is 19.9 Å². The molecule has 0 saturated heterocycles. The number of amides is 1. The highest BCUT2D eigenvalue weighted by atomic mass is 32.2. The Balaban J connectivity index is 2.00. The van der Waals surface area contributed by atoms with E-state index in [1.807, 2.05) is 13.8 Å². The van der Waals surface area contributed by atoms with Crippen LogP contribution in [0.1, 0.15) is 31.9 Å². The molecule has 2 aromatic rings. The maximum absolute atomic E-state index is 13.2. The summed E-state index contributed by atoms with van der Waals surface area (Å²) in [6, 6.07) is 9.59. The van der Waals surface area contributed by atoms with Gasteiger partial charge in [-0.15, -0.1) is 5.06 Å². The average Bonchev–Trinajstić information content (AvgIpc) is 3.03. The molecule has 9 nitrogen and oxygen atoms in total. The van der Waals surface area contributed by atoms with Gasteiger partial charge in [0.05, 0.1) is 16.8 Å². The third-order valence-electron chi connectivity index (χ3n) is 4.95. The summed E-state index contributed by atoms with van der Waals surface area (Å²) in [6.07, 6.45) is 2.15. The van der Waals surface area contributed by atoms with Gasteiger partial charge in [-0.2, -0.15) is 0 Å². The van der Waals surface area contributed by atoms with Crippen molar-refractivity contribution in [2.75, 3.05) is 24.5 Å². The molecule has 0 fully saturated rings. The lowest BCUT2D eigenvalue weighted by Gasteiger charge is -2.17. The molecule has 3 N–H and O–H groups in total. The molecule has 0 saturated carbocycles. The van der Waals surface area contributed by atoms with Gasteiger partial charge in [-0.25, -0.2) is 4.79 Å². The monoisotopic (exact) mass is 488 g/mol. The van der Waals surface area contributed by atoms with Crippen LogP contribution in [0.3, 0.4) is 0 Å². The summed E-state index contributed by atoms with van der Waals surface area (Å²) >= 11 is -1.29. The molecule has 34 heavy (non-hydrogen) atoms. The molecule has 0 aromatic heterocycles. The van der Waals surface area contributed by atoms with E-state index in [9.17, 15) is 24.4 Å². The van der Waals surface area contributed by atoms with E-state index in [2.05, 4.69) is 5.32 Å². The second-order valence-electron chi connectivity index (χ2n) is 8.09. The van der Waals surface area contributed by atoms with Crippen molar-refractivity contribution in [1.82, 2.24) is 5.32 Å². The molecular weight excluding hydrogens is 460 g/mol. The molecule has 0 radical (unpaired) electrons. The van der Waals surface area contributed by atoms with E-state index in [-0.39, 0.29) is 24.0 Å². The van der Waals surface area contributed by atoms with Crippen molar-refractivity contribution >= 4 is 40.4 Å². The van der Waals surface area contributed by atoms with E-state index in [1.54, 1.807) is 30.3 Å². The molecule has 0 spiro atoms. The normalized spacial score (nSPS) is 16.0. The first-order valence-corrected chi connectivity index (χ1v) is 12.2. The highest BCUT2D eigenvalue weighted by Gasteiger charge is 2.38. The molecule has 1 aliphatic rings. The minimum atomic E-state index is -1.29. The van der Waals surface area contributed by atoms with E-state index >= 15 is 0 Å². The topological polar surface area (TPSA) is 131 Å². The number of anilines is 1. The smallest absolute Gasteiger partial charge is 0.330 e. The first-order chi connectivity index (χ1) is 16.1. The number of nitrogens with zero attached hydrogens (tertiary/aromatic N) is 1. The van der Waals surface area contributed by atoms with Crippen LogP contribution < -0.4 is 15.1 Å². The number of benzene rings is 2. The van der Waals surface area contributed by atoms with Gasteiger partial charge < -0.3 is 29.7 Å². The number of hydroxylamine groups is 1. The lowest BCUT2D eigenvalue weighted by Crippen LogP contribution is -2.35. The molecule has 0 aliphatic carbocycles. The quantitative estimate of drug-likeness (QED) is 0.362. The number of hydrogen-bond donors (Lipinski definition) is 3. The summed E-state index contributed by atoms with van der Waals surface area (Å²) in [7, 11) is 0. The predicted molar refractivity (Wildman–Crippen MR) is 129 cm³/mol. The third kappa shape index (κ3) is 5.89. The molecule has 10 heteroatoms. The van der Waals surface area contributed by atoms with E-state index in [0.29, 0.717) is 34.0 Å². The second-order valence-corrected chi connectivity index (χ2v) is 9.47. The second kappa shape index (κ2) is 10.9. The van der Waals surface area contributed by atoms with Crippen LogP contribution in [-0.2, 0) is 25.6 Å².